The smallest absolute Gasteiger partial charge is 0.265 e. The van der Waals surface area contributed by atoms with Gasteiger partial charge in [-0.2, -0.15) is 4.31 Å². The maximum atomic E-state index is 12.2. The molecule has 0 aliphatic carbocycles. The van der Waals surface area contributed by atoms with Crippen molar-refractivity contribution < 1.29 is 13.2 Å². The Balaban J connectivity index is 3.21. The van der Waals surface area contributed by atoms with Gasteiger partial charge in [-0.1, -0.05) is 0 Å². The summed E-state index contributed by atoms with van der Waals surface area (Å²) in [7, 11) is -0.652. The van der Waals surface area contributed by atoms with E-state index in [0.29, 0.717) is 0 Å². The highest BCUT2D eigenvalue weighted by atomic mass is 32.2. The molecule has 102 valence electrons. The summed E-state index contributed by atoms with van der Waals surface area (Å²) in [5.41, 5.74) is 10.7. The minimum atomic E-state index is -3.66. The van der Waals surface area contributed by atoms with Gasteiger partial charge in [0.25, 0.3) is 5.91 Å². The summed E-state index contributed by atoms with van der Waals surface area (Å²) in [6, 6.07) is 0.935. The molecule has 1 unspecified atom stereocenters. The molecule has 1 atom stereocenters. The van der Waals surface area contributed by atoms with Crippen LogP contribution in [0.2, 0.25) is 0 Å². The summed E-state index contributed by atoms with van der Waals surface area (Å²) >= 11 is 0. The van der Waals surface area contributed by atoms with Gasteiger partial charge >= 0.3 is 0 Å². The van der Waals surface area contributed by atoms with Gasteiger partial charge in [0, 0.05) is 32.9 Å². The summed E-state index contributed by atoms with van der Waals surface area (Å²) in [6.45, 7) is 1.92. The first kappa shape index (κ1) is 14.7. The van der Waals surface area contributed by atoms with E-state index in [1.54, 1.807) is 14.0 Å². The number of aryl methyl sites for hydroxylation is 1. The van der Waals surface area contributed by atoms with E-state index in [1.165, 1.54) is 28.2 Å². The zero-order chi connectivity index (χ0) is 14.1. The Morgan fingerprint density at radius 1 is 1.56 bits per heavy atom. The van der Waals surface area contributed by atoms with Crippen LogP contribution < -0.4 is 11.5 Å². The van der Waals surface area contributed by atoms with Crippen molar-refractivity contribution in [3.63, 3.8) is 0 Å². The maximum absolute atomic E-state index is 12.2. The number of hydrogen-bond donors (Lipinski definition) is 2. The standard InChI is InChI=1S/C10H18N4O3S/c1-7(5-11)14(3)18(16,17)8-4-9(10(12)15)13(2)6-8/h4,6-7H,5,11H2,1-3H3,(H2,12,15). The fourth-order valence-corrected chi connectivity index (χ4v) is 2.92. The van der Waals surface area contributed by atoms with Crippen LogP contribution in [0, 0.1) is 0 Å². The van der Waals surface area contributed by atoms with Crippen LogP contribution in [0.4, 0.5) is 0 Å². The molecule has 1 aromatic rings. The highest BCUT2D eigenvalue weighted by Crippen LogP contribution is 2.18. The molecule has 0 spiro atoms. The lowest BCUT2D eigenvalue weighted by atomic mass is 10.4. The number of primary amides is 1. The summed E-state index contributed by atoms with van der Waals surface area (Å²) < 4.78 is 27.0. The van der Waals surface area contributed by atoms with Crippen LogP contribution in [-0.2, 0) is 17.1 Å². The molecule has 1 amide bonds. The number of nitrogens with two attached hydrogens (primary N) is 2. The fraction of sp³-hybridized carbons (Fsp3) is 0.500. The quantitative estimate of drug-likeness (QED) is 0.724. The normalized spacial score (nSPS) is 13.8. The monoisotopic (exact) mass is 274 g/mol. The second-order valence-corrected chi connectivity index (χ2v) is 6.14. The van der Waals surface area contributed by atoms with Crippen LogP contribution >= 0.6 is 0 Å². The number of carbonyl (C=O) groups is 1. The third-order valence-electron chi connectivity index (χ3n) is 2.87. The van der Waals surface area contributed by atoms with Gasteiger partial charge in [0.15, 0.2) is 0 Å². The third-order valence-corrected chi connectivity index (χ3v) is 4.81. The second-order valence-electron chi connectivity index (χ2n) is 4.14. The number of aromatic nitrogens is 1. The number of likely N-dealkylation sites (N-methyl/N-ethyl adjacent to an activating group) is 1. The molecule has 18 heavy (non-hydrogen) atoms. The molecule has 1 heterocycles. The van der Waals surface area contributed by atoms with E-state index in [-0.39, 0.29) is 23.2 Å². The number of sulfonamides is 1. The van der Waals surface area contributed by atoms with Crippen LogP contribution in [0.5, 0.6) is 0 Å². The van der Waals surface area contributed by atoms with E-state index < -0.39 is 15.9 Å². The van der Waals surface area contributed by atoms with E-state index in [4.69, 9.17) is 11.5 Å². The Morgan fingerprint density at radius 3 is 2.50 bits per heavy atom. The molecule has 0 aromatic carbocycles. The van der Waals surface area contributed by atoms with Crippen molar-refractivity contribution in [3.05, 3.63) is 18.0 Å². The number of nitrogens with zero attached hydrogens (tertiary/aromatic N) is 2. The zero-order valence-corrected chi connectivity index (χ0v) is 11.4. The Kier molecular flexibility index (Phi) is 4.15. The van der Waals surface area contributed by atoms with Crippen molar-refractivity contribution in [2.45, 2.75) is 17.9 Å². The van der Waals surface area contributed by atoms with Crippen LogP contribution in [0.25, 0.3) is 0 Å². The molecular weight excluding hydrogens is 256 g/mol. The molecule has 0 saturated carbocycles. The lowest BCUT2D eigenvalue weighted by molar-refractivity contribution is 0.0992. The van der Waals surface area contributed by atoms with Crippen molar-refractivity contribution >= 4 is 15.9 Å². The number of hydrogen-bond acceptors (Lipinski definition) is 4. The van der Waals surface area contributed by atoms with Gasteiger partial charge < -0.3 is 16.0 Å². The SMILES string of the molecule is CC(CN)N(C)S(=O)(=O)c1cc(C(N)=O)n(C)c1. The Hall–Kier alpha value is -1.38. The van der Waals surface area contributed by atoms with Crippen molar-refractivity contribution in [3.8, 4) is 0 Å². The molecule has 0 saturated heterocycles. The van der Waals surface area contributed by atoms with E-state index in [2.05, 4.69) is 0 Å². The zero-order valence-electron chi connectivity index (χ0n) is 10.6. The summed E-state index contributed by atoms with van der Waals surface area (Å²) in [5.74, 6) is -0.673. The van der Waals surface area contributed by atoms with Gasteiger partial charge in [-0.25, -0.2) is 8.42 Å². The predicted octanol–water partition coefficient (Wildman–Crippen LogP) is -0.908. The minimum absolute atomic E-state index is 0.0293. The summed E-state index contributed by atoms with van der Waals surface area (Å²) in [6.07, 6.45) is 1.36. The van der Waals surface area contributed by atoms with Crippen LogP contribution in [0.1, 0.15) is 17.4 Å². The van der Waals surface area contributed by atoms with Gasteiger partial charge in [0.2, 0.25) is 10.0 Å². The molecule has 4 N–H and O–H groups in total. The predicted molar refractivity (Wildman–Crippen MR) is 67.4 cm³/mol. The molecule has 0 radical (unpaired) electrons. The summed E-state index contributed by atoms with van der Waals surface area (Å²) in [5, 5.41) is 0. The van der Waals surface area contributed by atoms with E-state index >= 15 is 0 Å². The molecule has 0 fully saturated rings. The second kappa shape index (κ2) is 5.09. The van der Waals surface area contributed by atoms with Crippen molar-refractivity contribution in [2.75, 3.05) is 13.6 Å². The van der Waals surface area contributed by atoms with Crippen LogP contribution in [0.15, 0.2) is 17.2 Å². The lowest BCUT2D eigenvalue weighted by Gasteiger charge is -2.22. The lowest BCUT2D eigenvalue weighted by Crippen LogP contribution is -2.39. The highest BCUT2D eigenvalue weighted by Gasteiger charge is 2.27. The van der Waals surface area contributed by atoms with E-state index in [1.807, 2.05) is 0 Å². The Labute approximate surface area is 106 Å². The van der Waals surface area contributed by atoms with E-state index in [9.17, 15) is 13.2 Å². The van der Waals surface area contributed by atoms with Crippen LogP contribution in [0.3, 0.4) is 0 Å². The molecule has 1 rings (SSSR count). The molecular formula is C10H18N4O3S. The Morgan fingerprint density at radius 2 is 2.11 bits per heavy atom. The van der Waals surface area contributed by atoms with Crippen molar-refractivity contribution in [1.29, 1.82) is 0 Å². The topological polar surface area (TPSA) is 111 Å². The van der Waals surface area contributed by atoms with Gasteiger partial charge in [-0.05, 0) is 13.0 Å². The average Bonchev–Trinajstić information content (AvgIpc) is 2.70. The van der Waals surface area contributed by atoms with Gasteiger partial charge in [0.1, 0.15) is 10.6 Å². The minimum Gasteiger partial charge on any atom is -0.364 e. The number of amides is 1. The summed E-state index contributed by atoms with van der Waals surface area (Å²) in [4.78, 5) is 11.1. The first-order valence-corrected chi connectivity index (χ1v) is 6.80. The Bertz CT molecular complexity index is 549. The number of rotatable bonds is 5. The third kappa shape index (κ3) is 2.55. The van der Waals surface area contributed by atoms with Gasteiger partial charge in [-0.3, -0.25) is 4.79 Å². The van der Waals surface area contributed by atoms with E-state index in [0.717, 1.165) is 0 Å². The van der Waals surface area contributed by atoms with Crippen molar-refractivity contribution in [2.24, 2.45) is 18.5 Å². The highest BCUT2D eigenvalue weighted by molar-refractivity contribution is 7.89. The van der Waals surface area contributed by atoms with Gasteiger partial charge in [-0.15, -0.1) is 0 Å². The first-order chi connectivity index (χ1) is 8.21. The maximum Gasteiger partial charge on any atom is 0.265 e. The molecule has 0 bridgehead atoms. The molecule has 7 nitrogen and oxygen atoms in total. The van der Waals surface area contributed by atoms with Gasteiger partial charge in [0.05, 0.1) is 0 Å². The largest absolute Gasteiger partial charge is 0.364 e. The van der Waals surface area contributed by atoms with Crippen molar-refractivity contribution in [1.82, 2.24) is 8.87 Å². The molecule has 0 aliphatic heterocycles. The fourth-order valence-electron chi connectivity index (χ4n) is 1.47. The average molecular weight is 274 g/mol. The number of carbonyl (C=O) groups excluding carboxylic acids is 1. The molecule has 8 heteroatoms. The molecule has 1 aromatic heterocycles. The first-order valence-electron chi connectivity index (χ1n) is 5.36. The van der Waals surface area contributed by atoms with Crippen LogP contribution in [-0.4, -0.2) is 42.8 Å². The molecule has 0 aliphatic rings.